The second-order valence-electron chi connectivity index (χ2n) is 9.16. The van der Waals surface area contributed by atoms with E-state index in [0.29, 0.717) is 26.1 Å². The van der Waals surface area contributed by atoms with Crippen LogP contribution in [-0.2, 0) is 14.4 Å². The predicted molar refractivity (Wildman–Crippen MR) is 123 cm³/mol. The monoisotopic (exact) mass is 453 g/mol. The highest BCUT2D eigenvalue weighted by Gasteiger charge is 2.73. The van der Waals surface area contributed by atoms with Crippen LogP contribution in [0.5, 0.6) is 0 Å². The average molecular weight is 454 g/mol. The van der Waals surface area contributed by atoms with Crippen molar-refractivity contribution in [2.45, 2.75) is 87.7 Å². The zero-order valence-corrected chi connectivity index (χ0v) is 19.8. The molecule has 3 amide bonds. The first-order chi connectivity index (χ1) is 15.0. The smallest absolute Gasteiger partial charge is 0.244 e. The summed E-state index contributed by atoms with van der Waals surface area (Å²) in [4.78, 5) is 41.7. The molecule has 7 nitrogen and oxygen atoms in total. The molecule has 0 saturated carbocycles. The molecule has 3 N–H and O–H groups in total. The Morgan fingerprint density at radius 3 is 2.55 bits per heavy atom. The quantitative estimate of drug-likeness (QED) is 0.371. The van der Waals surface area contributed by atoms with Crippen molar-refractivity contribution in [3.05, 3.63) is 0 Å². The van der Waals surface area contributed by atoms with Gasteiger partial charge in [0.2, 0.25) is 17.7 Å². The summed E-state index contributed by atoms with van der Waals surface area (Å²) in [6.07, 6.45) is 7.93. The van der Waals surface area contributed by atoms with Crippen LogP contribution >= 0.6 is 11.8 Å². The highest BCUT2D eigenvalue weighted by molar-refractivity contribution is 8.02. The van der Waals surface area contributed by atoms with Gasteiger partial charge in [0, 0.05) is 31.5 Å². The molecule has 0 radical (unpaired) electrons. The number of rotatable bonds is 13. The van der Waals surface area contributed by atoms with Gasteiger partial charge in [0.25, 0.3) is 0 Å². The lowest BCUT2D eigenvalue weighted by Crippen LogP contribution is -2.54. The molecule has 3 heterocycles. The van der Waals surface area contributed by atoms with Crippen LogP contribution in [0.15, 0.2) is 0 Å². The van der Waals surface area contributed by atoms with E-state index in [1.807, 2.05) is 6.92 Å². The molecule has 5 atom stereocenters. The SMILES string of the molecule is CCCCCNC(=O)C1N(CCCCCO)C(=O)[C@@H]2[C@@H](C(=O)NCCC)[C@H]3CCC12S3. The molecule has 31 heavy (non-hydrogen) atoms. The molecule has 0 aromatic rings. The van der Waals surface area contributed by atoms with Gasteiger partial charge in [-0.1, -0.05) is 26.7 Å². The molecule has 3 aliphatic heterocycles. The number of nitrogens with one attached hydrogen (secondary N) is 2. The second-order valence-corrected chi connectivity index (χ2v) is 10.8. The van der Waals surface area contributed by atoms with Crippen LogP contribution in [0.2, 0.25) is 0 Å². The number of aliphatic hydroxyl groups excluding tert-OH is 1. The Morgan fingerprint density at radius 2 is 1.84 bits per heavy atom. The van der Waals surface area contributed by atoms with Crippen molar-refractivity contribution in [3.8, 4) is 0 Å². The van der Waals surface area contributed by atoms with Crippen molar-refractivity contribution in [1.82, 2.24) is 15.5 Å². The van der Waals surface area contributed by atoms with Gasteiger partial charge < -0.3 is 20.6 Å². The van der Waals surface area contributed by atoms with Crippen LogP contribution in [0.3, 0.4) is 0 Å². The Labute approximate surface area is 190 Å². The van der Waals surface area contributed by atoms with Gasteiger partial charge >= 0.3 is 0 Å². The molecule has 0 aromatic carbocycles. The summed E-state index contributed by atoms with van der Waals surface area (Å²) in [5.41, 5.74) is 0. The van der Waals surface area contributed by atoms with Crippen LogP contribution in [0, 0.1) is 11.8 Å². The lowest BCUT2D eigenvalue weighted by molar-refractivity contribution is -0.140. The van der Waals surface area contributed by atoms with Gasteiger partial charge in [-0.25, -0.2) is 0 Å². The van der Waals surface area contributed by atoms with Gasteiger partial charge in [-0.05, 0) is 44.9 Å². The third-order valence-electron chi connectivity index (χ3n) is 7.04. The minimum Gasteiger partial charge on any atom is -0.396 e. The molecule has 3 aliphatic rings. The molecular weight excluding hydrogens is 414 g/mol. The maximum Gasteiger partial charge on any atom is 0.244 e. The summed E-state index contributed by atoms with van der Waals surface area (Å²) >= 11 is 1.73. The first-order valence-corrected chi connectivity index (χ1v) is 13.0. The maximum atomic E-state index is 13.6. The minimum absolute atomic E-state index is 0.0240. The third kappa shape index (κ3) is 4.75. The van der Waals surface area contributed by atoms with E-state index < -0.39 is 16.7 Å². The summed E-state index contributed by atoms with van der Waals surface area (Å²) in [6.45, 7) is 6.05. The molecule has 2 unspecified atom stereocenters. The van der Waals surface area contributed by atoms with E-state index in [1.165, 1.54) is 0 Å². The van der Waals surface area contributed by atoms with Crippen LogP contribution < -0.4 is 10.6 Å². The van der Waals surface area contributed by atoms with Crippen LogP contribution in [0.25, 0.3) is 0 Å². The number of unbranched alkanes of at least 4 members (excludes halogenated alkanes) is 4. The molecule has 176 valence electrons. The number of aliphatic hydroxyl groups is 1. The highest BCUT2D eigenvalue weighted by atomic mass is 32.2. The molecule has 1 spiro atoms. The number of fused-ring (bicyclic) bond motifs is 1. The predicted octanol–water partition coefficient (Wildman–Crippen LogP) is 2.07. The fourth-order valence-electron chi connectivity index (χ4n) is 5.61. The number of hydrogen-bond donors (Lipinski definition) is 3. The molecular formula is C23H39N3O4S. The first-order valence-electron chi connectivity index (χ1n) is 12.2. The maximum absolute atomic E-state index is 13.6. The Kier molecular flexibility index (Phi) is 8.67. The molecule has 0 aliphatic carbocycles. The van der Waals surface area contributed by atoms with Gasteiger partial charge in [0.05, 0.1) is 16.6 Å². The molecule has 3 fully saturated rings. The van der Waals surface area contributed by atoms with Crippen molar-refractivity contribution in [3.63, 3.8) is 0 Å². The van der Waals surface area contributed by atoms with E-state index >= 15 is 0 Å². The lowest BCUT2D eigenvalue weighted by atomic mass is 9.70. The van der Waals surface area contributed by atoms with Gasteiger partial charge in [-0.3, -0.25) is 14.4 Å². The molecule has 0 aromatic heterocycles. The first kappa shape index (κ1) is 24.4. The minimum atomic E-state index is -0.500. The van der Waals surface area contributed by atoms with E-state index in [0.717, 1.165) is 51.4 Å². The standard InChI is InChI=1S/C23H39N3O4S/c1-3-5-7-13-25-21(29)19-23-11-10-16(31-23)17(20(28)24-12-4-2)18(23)22(30)26(19)14-8-6-9-15-27/h16-19,27H,3-15H2,1-2H3,(H,24,28)(H,25,29)/t16-,17+,18+,19?,23?/m1/s1. The van der Waals surface area contributed by atoms with Crippen molar-refractivity contribution in [1.29, 1.82) is 0 Å². The highest BCUT2D eigenvalue weighted by Crippen LogP contribution is 2.66. The third-order valence-corrected chi connectivity index (χ3v) is 8.99. The Morgan fingerprint density at radius 1 is 1.06 bits per heavy atom. The summed E-state index contributed by atoms with van der Waals surface area (Å²) in [6, 6.07) is -0.500. The summed E-state index contributed by atoms with van der Waals surface area (Å²) in [5, 5.41) is 15.3. The number of thioether (sulfide) groups is 1. The van der Waals surface area contributed by atoms with E-state index in [9.17, 15) is 14.4 Å². The number of hydrogen-bond acceptors (Lipinski definition) is 5. The van der Waals surface area contributed by atoms with Gasteiger partial charge in [-0.2, -0.15) is 0 Å². The van der Waals surface area contributed by atoms with Crippen LogP contribution in [0.1, 0.15) is 71.6 Å². The van der Waals surface area contributed by atoms with Crippen molar-refractivity contribution in [2.75, 3.05) is 26.2 Å². The molecule has 8 heteroatoms. The molecule has 3 rings (SSSR count). The Hall–Kier alpha value is -1.28. The fourth-order valence-corrected chi connectivity index (χ4v) is 7.83. The van der Waals surface area contributed by atoms with E-state index in [2.05, 4.69) is 17.6 Å². The Bertz CT molecular complexity index is 661. The van der Waals surface area contributed by atoms with Crippen LogP contribution in [-0.4, -0.2) is 70.0 Å². The molecule has 3 saturated heterocycles. The summed E-state index contributed by atoms with van der Waals surface area (Å²) in [5.74, 6) is -0.850. The topological polar surface area (TPSA) is 98.7 Å². The van der Waals surface area contributed by atoms with Crippen molar-refractivity contribution >= 4 is 29.5 Å². The zero-order chi connectivity index (χ0) is 22.4. The van der Waals surface area contributed by atoms with E-state index in [-0.39, 0.29) is 35.5 Å². The van der Waals surface area contributed by atoms with Gasteiger partial charge in [-0.15, -0.1) is 11.8 Å². The van der Waals surface area contributed by atoms with E-state index in [4.69, 9.17) is 5.11 Å². The summed E-state index contributed by atoms with van der Waals surface area (Å²) < 4.78 is -0.484. The Balaban J connectivity index is 1.81. The number of amides is 3. The lowest BCUT2D eigenvalue weighted by Gasteiger charge is -2.34. The van der Waals surface area contributed by atoms with Crippen LogP contribution in [0.4, 0.5) is 0 Å². The number of carbonyl (C=O) groups is 3. The second kappa shape index (κ2) is 11.0. The van der Waals surface area contributed by atoms with Gasteiger partial charge in [0.15, 0.2) is 0 Å². The van der Waals surface area contributed by atoms with Gasteiger partial charge in [0.1, 0.15) is 6.04 Å². The number of carbonyl (C=O) groups excluding carboxylic acids is 3. The van der Waals surface area contributed by atoms with Crippen molar-refractivity contribution in [2.24, 2.45) is 11.8 Å². The van der Waals surface area contributed by atoms with Crippen molar-refractivity contribution < 1.29 is 19.5 Å². The zero-order valence-electron chi connectivity index (χ0n) is 19.0. The van der Waals surface area contributed by atoms with E-state index in [1.54, 1.807) is 16.7 Å². The summed E-state index contributed by atoms with van der Waals surface area (Å²) in [7, 11) is 0. The normalized spacial score (nSPS) is 31.2. The largest absolute Gasteiger partial charge is 0.396 e. The number of likely N-dealkylation sites (tertiary alicyclic amines) is 1. The fraction of sp³-hybridized carbons (Fsp3) is 0.870. The number of nitrogens with zero attached hydrogens (tertiary/aromatic N) is 1. The molecule has 2 bridgehead atoms. The average Bonchev–Trinajstić information content (AvgIpc) is 3.40.